The van der Waals surface area contributed by atoms with Crippen molar-refractivity contribution in [2.24, 2.45) is 29.1 Å². The quantitative estimate of drug-likeness (QED) is 0.335. The molecule has 0 aromatic rings. The monoisotopic (exact) mass is 460 g/mol. The van der Waals surface area contributed by atoms with E-state index in [4.69, 9.17) is 9.84 Å². The van der Waals surface area contributed by atoms with Crippen molar-refractivity contribution in [2.75, 3.05) is 0 Å². The van der Waals surface area contributed by atoms with E-state index in [1.165, 1.54) is 5.57 Å². The molecule has 0 aromatic carbocycles. The van der Waals surface area contributed by atoms with Crippen LogP contribution in [0.4, 0.5) is 0 Å². The number of carbonyl (C=O) groups is 2. The zero-order valence-corrected chi connectivity index (χ0v) is 22.6. The maximum atomic E-state index is 12.8. The number of aliphatic hydroxyl groups excluding tert-OH is 2. The summed E-state index contributed by atoms with van der Waals surface area (Å²) < 4.78 is 6.10. The topological polar surface area (TPSA) is 104 Å². The van der Waals surface area contributed by atoms with E-state index >= 15 is 0 Å². The van der Waals surface area contributed by atoms with Crippen LogP contribution in [0, 0.1) is 29.1 Å². The van der Waals surface area contributed by atoms with Gasteiger partial charge in [0.15, 0.2) is 0 Å². The van der Waals surface area contributed by atoms with Gasteiger partial charge in [0.1, 0.15) is 6.10 Å². The second kappa shape index (κ2) is 12.7. The zero-order chi connectivity index (χ0) is 23.3. The van der Waals surface area contributed by atoms with E-state index < -0.39 is 23.6 Å². The van der Waals surface area contributed by atoms with Gasteiger partial charge in [-0.3, -0.25) is 9.59 Å². The van der Waals surface area contributed by atoms with Gasteiger partial charge in [0, 0.05) is 5.92 Å². The maximum Gasteiger partial charge on any atom is 1.00 e. The van der Waals surface area contributed by atoms with E-state index in [9.17, 15) is 19.8 Å². The van der Waals surface area contributed by atoms with Crippen LogP contribution in [0.3, 0.4) is 0 Å². The van der Waals surface area contributed by atoms with Crippen LogP contribution < -0.4 is 29.6 Å². The van der Waals surface area contributed by atoms with Crippen LogP contribution in [-0.2, 0) is 14.3 Å². The average molecular weight is 461 g/mol. The van der Waals surface area contributed by atoms with Gasteiger partial charge in [-0.15, -0.1) is 0 Å². The number of ether oxygens (including phenoxy) is 1. The van der Waals surface area contributed by atoms with Gasteiger partial charge in [-0.25, -0.2) is 0 Å². The third kappa shape index (κ3) is 7.98. The first-order chi connectivity index (χ1) is 14.4. The number of fused-ring (bicyclic) bond motifs is 1. The van der Waals surface area contributed by atoms with Crippen molar-refractivity contribution in [1.29, 1.82) is 0 Å². The predicted octanol–water partition coefficient (Wildman–Crippen LogP) is 1.22. The predicted molar refractivity (Wildman–Crippen MR) is 120 cm³/mol. The number of carboxylic acid groups (broad SMARTS) is 1. The summed E-state index contributed by atoms with van der Waals surface area (Å²) in [5, 5.41) is 29.0. The third-order valence-electron chi connectivity index (χ3n) is 7.08. The molecular weight excluding hydrogens is 419 g/mol. The van der Waals surface area contributed by atoms with Crippen molar-refractivity contribution in [3.05, 3.63) is 23.8 Å². The van der Waals surface area contributed by atoms with Crippen LogP contribution in [0.25, 0.3) is 0 Å². The van der Waals surface area contributed by atoms with E-state index in [0.717, 1.165) is 6.42 Å². The number of rotatable bonds is 10. The normalized spacial score (nSPS) is 29.2. The van der Waals surface area contributed by atoms with Crippen molar-refractivity contribution < 1.29 is 60.6 Å². The smallest absolute Gasteiger partial charge is 1.00 e. The molecule has 0 spiro atoms. The Morgan fingerprint density at radius 2 is 1.91 bits per heavy atom. The number of aliphatic hydroxyl groups is 2. The van der Waals surface area contributed by atoms with Crippen molar-refractivity contribution in [3.63, 3.8) is 0 Å². The molecule has 0 heterocycles. The molecule has 0 unspecified atom stereocenters. The van der Waals surface area contributed by atoms with Crippen LogP contribution in [0.2, 0.25) is 0 Å². The number of esters is 1. The standard InChI is InChI=1S/C25H40O6.Na.H/c1-6-25(4,5)24(30)31-21-12-15(2)11-17-8-7-16(3)20(23(17)21)10-9-18(26)13-19(27)14-22(28)29;;/h7-8,11,15-16,18-21,23,26-27H,6,9-10,12-14H2,1-5H3,(H,28,29);;/q;+1;-1/t15-,16-,18+,19+,20-,21-,23-;;/m0../s1. The Labute approximate surface area is 216 Å². The summed E-state index contributed by atoms with van der Waals surface area (Å²) >= 11 is 0. The van der Waals surface area contributed by atoms with Gasteiger partial charge in [-0.2, -0.15) is 0 Å². The Hall–Kier alpha value is -0.660. The van der Waals surface area contributed by atoms with Crippen molar-refractivity contribution in [1.82, 2.24) is 0 Å². The summed E-state index contributed by atoms with van der Waals surface area (Å²) in [4.78, 5) is 23.6. The number of aliphatic carboxylic acids is 1. The van der Waals surface area contributed by atoms with E-state index in [1.54, 1.807) is 0 Å². The molecular formula is C25H41NaO6. The minimum absolute atomic E-state index is 0. The number of carboxylic acids is 1. The fraction of sp³-hybridized carbons (Fsp3) is 0.760. The van der Waals surface area contributed by atoms with E-state index in [1.807, 2.05) is 20.8 Å². The molecule has 2 aliphatic carbocycles. The molecule has 0 fully saturated rings. The number of hydrogen-bond donors (Lipinski definition) is 3. The Kier molecular flexibility index (Phi) is 11.7. The minimum Gasteiger partial charge on any atom is -1.00 e. The molecule has 0 aromatic heterocycles. The molecule has 0 radical (unpaired) electrons. The van der Waals surface area contributed by atoms with E-state index in [-0.39, 0.29) is 73.7 Å². The second-order valence-electron chi connectivity index (χ2n) is 10.2. The molecule has 6 nitrogen and oxygen atoms in total. The summed E-state index contributed by atoms with van der Waals surface area (Å²) in [6.07, 6.45) is 6.98. The zero-order valence-electron chi connectivity index (χ0n) is 21.6. The third-order valence-corrected chi connectivity index (χ3v) is 7.08. The summed E-state index contributed by atoms with van der Waals surface area (Å²) in [7, 11) is 0. The molecule has 178 valence electrons. The Balaban J connectivity index is 0.00000512. The SMILES string of the molecule is CCC(C)(C)C(=O)O[C@H]1C[C@@H](C)C=C2C=C[C@H](C)[C@H](CC[C@@H](O)C[C@@H](O)CC(=O)O)[C@H]21.[H-].[Na+]. The maximum absolute atomic E-state index is 12.8. The first kappa shape index (κ1) is 29.4. The van der Waals surface area contributed by atoms with Crippen molar-refractivity contribution in [3.8, 4) is 0 Å². The van der Waals surface area contributed by atoms with Gasteiger partial charge in [-0.1, -0.05) is 39.0 Å². The van der Waals surface area contributed by atoms with Gasteiger partial charge in [0.2, 0.25) is 0 Å². The van der Waals surface area contributed by atoms with Gasteiger partial charge in [0.05, 0.1) is 24.0 Å². The van der Waals surface area contributed by atoms with Crippen LogP contribution in [0.15, 0.2) is 23.8 Å². The van der Waals surface area contributed by atoms with Crippen LogP contribution >= 0.6 is 0 Å². The Morgan fingerprint density at radius 3 is 2.50 bits per heavy atom. The summed E-state index contributed by atoms with van der Waals surface area (Å²) in [6.45, 7) is 10.1. The molecule has 2 aliphatic rings. The number of allylic oxidation sites excluding steroid dienone is 3. The van der Waals surface area contributed by atoms with Crippen molar-refractivity contribution >= 4 is 11.9 Å². The fourth-order valence-electron chi connectivity index (χ4n) is 4.76. The molecule has 3 N–H and O–H groups in total. The van der Waals surface area contributed by atoms with Gasteiger partial charge < -0.3 is 21.5 Å². The molecule has 0 saturated carbocycles. The van der Waals surface area contributed by atoms with E-state index in [2.05, 4.69) is 32.1 Å². The number of carbonyl (C=O) groups excluding carboxylic acids is 1. The molecule has 7 heteroatoms. The van der Waals surface area contributed by atoms with E-state index in [0.29, 0.717) is 25.2 Å². The van der Waals surface area contributed by atoms with Crippen LogP contribution in [-0.4, -0.2) is 45.6 Å². The van der Waals surface area contributed by atoms with Crippen LogP contribution in [0.5, 0.6) is 0 Å². The molecule has 7 atom stereocenters. The Bertz CT molecular complexity index is 707. The molecule has 32 heavy (non-hydrogen) atoms. The molecule has 2 rings (SSSR count). The molecule has 0 saturated heterocycles. The van der Waals surface area contributed by atoms with Crippen LogP contribution in [0.1, 0.15) is 74.6 Å². The average Bonchev–Trinajstić information content (AvgIpc) is 2.66. The minimum atomic E-state index is -1.07. The van der Waals surface area contributed by atoms with Crippen molar-refractivity contribution in [2.45, 2.75) is 91.5 Å². The molecule has 0 aliphatic heterocycles. The Morgan fingerprint density at radius 1 is 1.25 bits per heavy atom. The molecule has 0 bridgehead atoms. The fourth-order valence-corrected chi connectivity index (χ4v) is 4.76. The second-order valence-corrected chi connectivity index (χ2v) is 10.2. The largest absolute Gasteiger partial charge is 1.00 e. The molecule has 0 amide bonds. The van der Waals surface area contributed by atoms with Gasteiger partial charge in [0.25, 0.3) is 0 Å². The number of hydrogen-bond acceptors (Lipinski definition) is 5. The van der Waals surface area contributed by atoms with Gasteiger partial charge >= 0.3 is 41.5 Å². The summed E-state index contributed by atoms with van der Waals surface area (Å²) in [6, 6.07) is 0. The summed E-state index contributed by atoms with van der Waals surface area (Å²) in [5.41, 5.74) is 0.682. The first-order valence-corrected chi connectivity index (χ1v) is 11.6. The summed E-state index contributed by atoms with van der Waals surface area (Å²) in [5.74, 6) is -0.347. The van der Waals surface area contributed by atoms with Gasteiger partial charge in [-0.05, 0) is 69.3 Å². The first-order valence-electron chi connectivity index (χ1n) is 11.6.